The molecule has 0 saturated carbocycles. The summed E-state index contributed by atoms with van der Waals surface area (Å²) in [7, 11) is 0. The molecule has 0 saturated heterocycles. The van der Waals surface area contributed by atoms with Gasteiger partial charge in [-0.15, -0.1) is 0 Å². The van der Waals surface area contributed by atoms with Crippen LogP contribution in [0.2, 0.25) is 0 Å². The number of aryl methyl sites for hydroxylation is 2. The average Bonchev–Trinajstić information content (AvgIpc) is 2.56. The third kappa shape index (κ3) is 6.35. The smallest absolute Gasteiger partial charge is 0.256 e. The Morgan fingerprint density at radius 2 is 1.72 bits per heavy atom. The van der Waals surface area contributed by atoms with E-state index in [0.717, 1.165) is 54.7 Å². The molecule has 0 aromatic heterocycles. The molecule has 0 aliphatic heterocycles. The zero-order chi connectivity index (χ0) is 18.9. The van der Waals surface area contributed by atoms with Gasteiger partial charge in [0.2, 0.25) is 0 Å². The molecule has 0 unspecified atom stereocenters. The predicted octanol–water partition coefficient (Wildman–Crippen LogP) is 5.41. The van der Waals surface area contributed by atoms with Gasteiger partial charge in [0.05, 0.1) is 6.61 Å². The second-order valence-electron chi connectivity index (χ2n) is 6.86. The monoisotopic (exact) mass is 349 g/mol. The number of rotatable bonds is 11. The number of hydrogen-bond donors (Lipinski definition) is 1. The molecule has 0 aliphatic rings. The minimum atomic E-state index is -0.786. The van der Waals surface area contributed by atoms with E-state index in [9.17, 15) is 4.79 Å². The van der Waals surface area contributed by atoms with Crippen molar-refractivity contribution in [3.05, 3.63) is 23.3 Å². The lowest BCUT2D eigenvalue weighted by Gasteiger charge is -2.29. The number of hydrogen-bond acceptors (Lipinski definition) is 3. The minimum absolute atomic E-state index is 0.0694. The summed E-state index contributed by atoms with van der Waals surface area (Å²) in [5, 5.41) is 3.05. The fraction of sp³-hybridized carbons (Fsp3) is 0.667. The highest BCUT2D eigenvalue weighted by Crippen LogP contribution is 2.29. The van der Waals surface area contributed by atoms with Crippen LogP contribution in [0.15, 0.2) is 12.1 Å². The van der Waals surface area contributed by atoms with Crippen LogP contribution in [-0.4, -0.2) is 24.7 Å². The van der Waals surface area contributed by atoms with Crippen LogP contribution in [-0.2, 0) is 9.53 Å². The van der Waals surface area contributed by atoms with Gasteiger partial charge in [0.25, 0.3) is 5.91 Å². The summed E-state index contributed by atoms with van der Waals surface area (Å²) in [5.74, 6) is 0.827. The van der Waals surface area contributed by atoms with Gasteiger partial charge in [-0.2, -0.15) is 0 Å². The van der Waals surface area contributed by atoms with Crippen LogP contribution in [0.25, 0.3) is 0 Å². The molecule has 1 amide bonds. The predicted molar refractivity (Wildman–Crippen MR) is 105 cm³/mol. The van der Waals surface area contributed by atoms with E-state index in [1.54, 1.807) is 0 Å². The van der Waals surface area contributed by atoms with Crippen LogP contribution in [0.3, 0.4) is 0 Å². The van der Waals surface area contributed by atoms with E-state index in [1.807, 2.05) is 39.8 Å². The number of amides is 1. The topological polar surface area (TPSA) is 47.6 Å². The highest BCUT2D eigenvalue weighted by Gasteiger charge is 2.33. The van der Waals surface area contributed by atoms with Crippen molar-refractivity contribution < 1.29 is 14.3 Å². The Labute approximate surface area is 153 Å². The summed E-state index contributed by atoms with van der Waals surface area (Å²) >= 11 is 0. The first-order valence-electron chi connectivity index (χ1n) is 9.57. The van der Waals surface area contributed by atoms with Gasteiger partial charge in [0, 0.05) is 12.3 Å². The second kappa shape index (κ2) is 10.4. The number of nitrogens with one attached hydrogen (secondary N) is 1. The standard InChI is InChI=1S/C21H35NO3/c1-7-10-11-12-21(6,25-13-8-2)20(23)22-18-14-16(4)19(24-9-3)17(5)15-18/h14-15H,7-13H2,1-6H3,(H,22,23)/t21-/m1/s1. The van der Waals surface area contributed by atoms with E-state index in [1.165, 1.54) is 0 Å². The summed E-state index contributed by atoms with van der Waals surface area (Å²) in [4.78, 5) is 12.9. The maximum atomic E-state index is 12.9. The Hall–Kier alpha value is -1.55. The van der Waals surface area contributed by atoms with Crippen molar-refractivity contribution in [2.24, 2.45) is 0 Å². The van der Waals surface area contributed by atoms with Crippen LogP contribution in [0.1, 0.15) is 70.9 Å². The molecule has 1 aromatic carbocycles. The minimum Gasteiger partial charge on any atom is -0.493 e. The Bertz CT molecular complexity index is 533. The molecule has 0 bridgehead atoms. The van der Waals surface area contributed by atoms with Crippen LogP contribution >= 0.6 is 0 Å². The molecule has 142 valence electrons. The molecule has 1 aromatic rings. The molecule has 0 spiro atoms. The molecule has 4 nitrogen and oxygen atoms in total. The lowest BCUT2D eigenvalue weighted by atomic mass is 9.96. The first kappa shape index (κ1) is 21.5. The third-order valence-corrected chi connectivity index (χ3v) is 4.37. The van der Waals surface area contributed by atoms with Crippen molar-refractivity contribution in [3.63, 3.8) is 0 Å². The molecule has 0 fully saturated rings. The molecule has 4 heteroatoms. The molecule has 0 aliphatic carbocycles. The molecule has 0 heterocycles. The van der Waals surface area contributed by atoms with Gasteiger partial charge < -0.3 is 14.8 Å². The van der Waals surface area contributed by atoms with E-state index in [0.29, 0.717) is 13.2 Å². The number of ether oxygens (including phenoxy) is 2. The third-order valence-electron chi connectivity index (χ3n) is 4.37. The zero-order valence-corrected chi connectivity index (χ0v) is 16.8. The van der Waals surface area contributed by atoms with E-state index >= 15 is 0 Å². The Kier molecular flexibility index (Phi) is 8.98. The van der Waals surface area contributed by atoms with Crippen LogP contribution in [0, 0.1) is 13.8 Å². The van der Waals surface area contributed by atoms with Crippen LogP contribution in [0.4, 0.5) is 5.69 Å². The first-order valence-corrected chi connectivity index (χ1v) is 9.57. The van der Waals surface area contributed by atoms with Crippen LogP contribution in [0.5, 0.6) is 5.75 Å². The van der Waals surface area contributed by atoms with Gasteiger partial charge >= 0.3 is 0 Å². The van der Waals surface area contributed by atoms with E-state index in [2.05, 4.69) is 19.2 Å². The summed E-state index contributed by atoms with van der Waals surface area (Å²) < 4.78 is 11.6. The highest BCUT2D eigenvalue weighted by molar-refractivity contribution is 5.97. The second-order valence-corrected chi connectivity index (χ2v) is 6.86. The molecule has 0 radical (unpaired) electrons. The molecule has 25 heavy (non-hydrogen) atoms. The van der Waals surface area contributed by atoms with Crippen LogP contribution < -0.4 is 10.1 Å². The molecule has 1 N–H and O–H groups in total. The zero-order valence-electron chi connectivity index (χ0n) is 16.8. The summed E-state index contributed by atoms with van der Waals surface area (Å²) in [6, 6.07) is 3.92. The van der Waals surface area contributed by atoms with Gasteiger partial charge in [-0.05, 0) is 63.8 Å². The van der Waals surface area contributed by atoms with Gasteiger partial charge in [-0.3, -0.25) is 4.79 Å². The fourth-order valence-electron chi connectivity index (χ4n) is 2.95. The Morgan fingerprint density at radius 3 is 2.24 bits per heavy atom. The normalized spacial score (nSPS) is 13.4. The molecular formula is C21H35NO3. The molecule has 1 atom stereocenters. The summed E-state index contributed by atoms with van der Waals surface area (Å²) in [6.07, 6.45) is 4.87. The average molecular weight is 350 g/mol. The van der Waals surface area contributed by atoms with Crippen molar-refractivity contribution in [3.8, 4) is 5.75 Å². The lowest BCUT2D eigenvalue weighted by Crippen LogP contribution is -2.43. The highest BCUT2D eigenvalue weighted by atomic mass is 16.5. The fourth-order valence-corrected chi connectivity index (χ4v) is 2.95. The SMILES string of the molecule is CCCCC[C@@](C)(OCCC)C(=O)Nc1cc(C)c(OCC)c(C)c1. The maximum Gasteiger partial charge on any atom is 0.256 e. The van der Waals surface area contributed by atoms with Crippen molar-refractivity contribution in [2.75, 3.05) is 18.5 Å². The number of unbranched alkanes of at least 4 members (excludes halogenated alkanes) is 2. The van der Waals surface area contributed by atoms with E-state index in [-0.39, 0.29) is 5.91 Å². The Morgan fingerprint density at radius 1 is 1.08 bits per heavy atom. The number of anilines is 1. The molecular weight excluding hydrogens is 314 g/mol. The quantitative estimate of drug-likeness (QED) is 0.544. The van der Waals surface area contributed by atoms with Gasteiger partial charge in [0.1, 0.15) is 11.4 Å². The maximum absolute atomic E-state index is 12.9. The molecule has 1 rings (SSSR count). The van der Waals surface area contributed by atoms with E-state index in [4.69, 9.17) is 9.47 Å². The summed E-state index contributed by atoms with van der Waals surface area (Å²) in [5.41, 5.74) is 2.06. The van der Waals surface area contributed by atoms with Crippen molar-refractivity contribution in [1.29, 1.82) is 0 Å². The van der Waals surface area contributed by atoms with Gasteiger partial charge in [-0.1, -0.05) is 33.1 Å². The number of carbonyl (C=O) groups excluding carboxylic acids is 1. The van der Waals surface area contributed by atoms with Crippen molar-refractivity contribution in [2.45, 2.75) is 79.2 Å². The Balaban J connectivity index is 2.91. The summed E-state index contributed by atoms with van der Waals surface area (Å²) in [6.45, 7) is 13.3. The van der Waals surface area contributed by atoms with E-state index < -0.39 is 5.60 Å². The number of benzene rings is 1. The van der Waals surface area contributed by atoms with Crippen molar-refractivity contribution >= 4 is 11.6 Å². The largest absolute Gasteiger partial charge is 0.493 e. The van der Waals surface area contributed by atoms with Gasteiger partial charge in [0.15, 0.2) is 0 Å². The van der Waals surface area contributed by atoms with Crippen molar-refractivity contribution in [1.82, 2.24) is 0 Å². The van der Waals surface area contributed by atoms with Gasteiger partial charge in [-0.25, -0.2) is 0 Å². The lowest BCUT2D eigenvalue weighted by molar-refractivity contribution is -0.140. The first-order chi connectivity index (χ1) is 11.9. The number of carbonyl (C=O) groups is 1.